The van der Waals surface area contributed by atoms with E-state index in [-0.39, 0.29) is 11.1 Å². The summed E-state index contributed by atoms with van der Waals surface area (Å²) in [6.45, 7) is 4.61. The summed E-state index contributed by atoms with van der Waals surface area (Å²) in [5, 5.41) is 3.51. The summed E-state index contributed by atoms with van der Waals surface area (Å²) in [4.78, 5) is 18.2. The molecule has 0 N–H and O–H groups in total. The first kappa shape index (κ1) is 18.6. The van der Waals surface area contributed by atoms with Crippen molar-refractivity contribution in [1.82, 2.24) is 19.6 Å². The van der Waals surface area contributed by atoms with E-state index in [2.05, 4.69) is 10.1 Å². The van der Waals surface area contributed by atoms with Gasteiger partial charge in [0.25, 0.3) is 0 Å². The maximum atomic E-state index is 12.7. The molecule has 1 amide bonds. The van der Waals surface area contributed by atoms with Crippen molar-refractivity contribution in [1.29, 1.82) is 0 Å². The fraction of sp³-hybridized carbons (Fsp3) is 0.588. The molecule has 0 unspecified atom stereocenters. The highest BCUT2D eigenvalue weighted by atomic mass is 32.2. The molecule has 1 saturated heterocycles. The Hall–Kier alpha value is -2.16. The molecular formula is C17H24N4O4S. The largest absolute Gasteiger partial charge is 0.361 e. The molecule has 142 valence electrons. The molecule has 0 bridgehead atoms. The number of rotatable bonds is 5. The van der Waals surface area contributed by atoms with Crippen LogP contribution < -0.4 is 0 Å². The van der Waals surface area contributed by atoms with E-state index in [1.54, 1.807) is 18.1 Å². The molecule has 2 aromatic rings. The molecule has 3 heterocycles. The monoisotopic (exact) mass is 380 g/mol. The lowest BCUT2D eigenvalue weighted by Crippen LogP contribution is -2.43. The van der Waals surface area contributed by atoms with Crippen LogP contribution in [0.15, 0.2) is 22.1 Å². The molecule has 2 aromatic heterocycles. The summed E-state index contributed by atoms with van der Waals surface area (Å²) in [6, 6.07) is 0. The summed E-state index contributed by atoms with van der Waals surface area (Å²) in [6.07, 6.45) is 4.95. The number of carbonyl (C=O) groups is 1. The Labute approximate surface area is 153 Å². The smallest absolute Gasteiger partial charge is 0.227 e. The van der Waals surface area contributed by atoms with Gasteiger partial charge in [-0.2, -0.15) is 0 Å². The number of hydrogen-bond donors (Lipinski definition) is 0. The fourth-order valence-electron chi connectivity index (χ4n) is 3.44. The van der Waals surface area contributed by atoms with Gasteiger partial charge in [0.15, 0.2) is 0 Å². The van der Waals surface area contributed by atoms with Crippen molar-refractivity contribution in [2.75, 3.05) is 13.1 Å². The van der Waals surface area contributed by atoms with E-state index in [9.17, 15) is 13.2 Å². The lowest BCUT2D eigenvalue weighted by atomic mass is 10.1. The van der Waals surface area contributed by atoms with E-state index in [0.29, 0.717) is 38.8 Å². The van der Waals surface area contributed by atoms with Gasteiger partial charge < -0.3 is 14.0 Å². The summed E-state index contributed by atoms with van der Waals surface area (Å²) < 4.78 is 32.0. The average molecular weight is 380 g/mol. The Morgan fingerprint density at radius 1 is 1.31 bits per heavy atom. The Morgan fingerprint density at radius 2 is 2.00 bits per heavy atom. The third-order valence-corrected chi connectivity index (χ3v) is 7.29. The van der Waals surface area contributed by atoms with Crippen LogP contribution in [-0.4, -0.2) is 52.3 Å². The van der Waals surface area contributed by atoms with Crippen LogP contribution in [0.1, 0.15) is 36.3 Å². The van der Waals surface area contributed by atoms with E-state index >= 15 is 0 Å². The molecule has 1 aliphatic heterocycles. The van der Waals surface area contributed by atoms with Crippen molar-refractivity contribution in [3.63, 3.8) is 0 Å². The van der Waals surface area contributed by atoms with E-state index < -0.39 is 15.1 Å². The highest BCUT2D eigenvalue weighted by Gasteiger charge is 2.34. The van der Waals surface area contributed by atoms with Crippen LogP contribution in [-0.2, 0) is 28.1 Å². The Kier molecular flexibility index (Phi) is 5.17. The van der Waals surface area contributed by atoms with Crippen LogP contribution in [0.5, 0.6) is 0 Å². The molecule has 0 atom stereocenters. The predicted octanol–water partition coefficient (Wildman–Crippen LogP) is 1.42. The highest BCUT2D eigenvalue weighted by Crippen LogP contribution is 2.24. The summed E-state index contributed by atoms with van der Waals surface area (Å²) in [7, 11) is -1.79. The second kappa shape index (κ2) is 7.22. The van der Waals surface area contributed by atoms with Gasteiger partial charge in [-0.25, -0.2) is 13.4 Å². The zero-order valence-corrected chi connectivity index (χ0v) is 16.1. The molecule has 26 heavy (non-hydrogen) atoms. The van der Waals surface area contributed by atoms with Crippen LogP contribution in [0.3, 0.4) is 0 Å². The first-order valence-corrected chi connectivity index (χ1v) is 10.3. The fourth-order valence-corrected chi connectivity index (χ4v) is 5.24. The maximum absolute atomic E-state index is 12.7. The second-order valence-electron chi connectivity index (χ2n) is 6.75. The van der Waals surface area contributed by atoms with Gasteiger partial charge in [-0.3, -0.25) is 4.79 Å². The van der Waals surface area contributed by atoms with Gasteiger partial charge in [-0.15, -0.1) is 0 Å². The standard InChI is InChI=1S/C17H24N4O4S/c1-12-15(13(2)25-19-12)4-5-16(22)21-9-6-14(7-10-21)26(23,24)17-18-8-11-20(17)3/h8,11,14H,4-7,9-10H2,1-3H3. The zero-order chi connectivity index (χ0) is 18.9. The third kappa shape index (κ3) is 3.53. The molecule has 0 spiro atoms. The van der Waals surface area contributed by atoms with Gasteiger partial charge in [0.1, 0.15) is 5.76 Å². The lowest BCUT2D eigenvalue weighted by molar-refractivity contribution is -0.132. The first-order chi connectivity index (χ1) is 12.3. The van der Waals surface area contributed by atoms with Gasteiger partial charge >= 0.3 is 0 Å². The van der Waals surface area contributed by atoms with Gasteiger partial charge in [0.2, 0.25) is 20.9 Å². The van der Waals surface area contributed by atoms with Gasteiger partial charge in [-0.1, -0.05) is 5.16 Å². The number of nitrogens with zero attached hydrogens (tertiary/aromatic N) is 4. The Balaban J connectivity index is 1.57. The van der Waals surface area contributed by atoms with Crippen LogP contribution in [0.2, 0.25) is 0 Å². The SMILES string of the molecule is Cc1noc(C)c1CCC(=O)N1CCC(S(=O)(=O)c2nccn2C)CC1. The minimum Gasteiger partial charge on any atom is -0.361 e. The second-order valence-corrected chi connectivity index (χ2v) is 8.87. The topological polar surface area (TPSA) is 98.3 Å². The maximum Gasteiger partial charge on any atom is 0.227 e. The average Bonchev–Trinajstić information content (AvgIpc) is 3.19. The van der Waals surface area contributed by atoms with Crippen LogP contribution >= 0.6 is 0 Å². The van der Waals surface area contributed by atoms with Gasteiger partial charge in [0.05, 0.1) is 10.9 Å². The van der Waals surface area contributed by atoms with Crippen molar-refractivity contribution in [3.05, 3.63) is 29.4 Å². The first-order valence-electron chi connectivity index (χ1n) is 8.71. The van der Waals surface area contributed by atoms with Crippen LogP contribution in [0.4, 0.5) is 0 Å². The van der Waals surface area contributed by atoms with E-state index in [1.165, 1.54) is 10.8 Å². The minimum atomic E-state index is -3.46. The lowest BCUT2D eigenvalue weighted by Gasteiger charge is -2.31. The number of aromatic nitrogens is 3. The van der Waals surface area contributed by atoms with E-state index in [0.717, 1.165) is 17.0 Å². The summed E-state index contributed by atoms with van der Waals surface area (Å²) >= 11 is 0. The summed E-state index contributed by atoms with van der Waals surface area (Å²) in [5.41, 5.74) is 1.79. The molecule has 0 aliphatic carbocycles. The molecule has 9 heteroatoms. The van der Waals surface area contributed by atoms with Gasteiger partial charge in [-0.05, 0) is 33.1 Å². The molecule has 0 saturated carbocycles. The number of sulfone groups is 1. The Bertz CT molecular complexity index is 872. The van der Waals surface area contributed by atoms with Crippen molar-refractivity contribution in [3.8, 4) is 0 Å². The number of carbonyl (C=O) groups excluding carboxylic acids is 1. The van der Waals surface area contributed by atoms with E-state index in [1.807, 2.05) is 13.8 Å². The minimum absolute atomic E-state index is 0.0397. The van der Waals surface area contributed by atoms with E-state index in [4.69, 9.17) is 4.52 Å². The van der Waals surface area contributed by atoms with Crippen LogP contribution in [0.25, 0.3) is 0 Å². The normalized spacial score (nSPS) is 16.2. The highest BCUT2D eigenvalue weighted by molar-refractivity contribution is 7.91. The molecule has 0 aromatic carbocycles. The molecule has 1 aliphatic rings. The number of amides is 1. The number of imidazole rings is 1. The molecule has 1 fully saturated rings. The van der Waals surface area contributed by atoms with Crippen molar-refractivity contribution >= 4 is 15.7 Å². The predicted molar refractivity (Wildman–Crippen MR) is 94.3 cm³/mol. The molecule has 3 rings (SSSR count). The van der Waals surface area contributed by atoms with Crippen molar-refractivity contribution in [2.24, 2.45) is 7.05 Å². The number of piperidine rings is 1. The molecular weight excluding hydrogens is 356 g/mol. The number of aryl methyl sites for hydroxylation is 3. The van der Waals surface area contributed by atoms with Crippen molar-refractivity contribution < 1.29 is 17.7 Å². The Morgan fingerprint density at radius 3 is 2.54 bits per heavy atom. The molecule has 8 nitrogen and oxygen atoms in total. The zero-order valence-electron chi connectivity index (χ0n) is 15.3. The number of likely N-dealkylation sites (tertiary alicyclic amines) is 1. The number of hydrogen-bond acceptors (Lipinski definition) is 6. The van der Waals surface area contributed by atoms with Crippen molar-refractivity contribution in [2.45, 2.75) is 49.9 Å². The third-order valence-electron chi connectivity index (χ3n) is 5.04. The van der Waals surface area contributed by atoms with Gasteiger partial charge in [0, 0.05) is 44.5 Å². The summed E-state index contributed by atoms with van der Waals surface area (Å²) in [5.74, 6) is 0.785. The van der Waals surface area contributed by atoms with Crippen LogP contribution in [0, 0.1) is 13.8 Å². The molecule has 0 radical (unpaired) electrons. The quantitative estimate of drug-likeness (QED) is 0.778.